The van der Waals surface area contributed by atoms with E-state index >= 15 is 0 Å². The zero-order chi connectivity index (χ0) is 12.8. The number of anilines is 1. The van der Waals surface area contributed by atoms with E-state index in [1.54, 1.807) is 17.1 Å². The van der Waals surface area contributed by atoms with Crippen LogP contribution < -0.4 is 5.32 Å². The number of fused-ring (bicyclic) bond motifs is 1. The first kappa shape index (κ1) is 11.6. The molecule has 2 aromatic heterocycles. The molecular formula is C12H16N4OS. The van der Waals surface area contributed by atoms with Gasteiger partial charge in [-0.2, -0.15) is 5.10 Å². The molecular weight excluding hydrogens is 248 g/mol. The number of nitrogens with one attached hydrogen (secondary N) is 1. The van der Waals surface area contributed by atoms with Crippen molar-refractivity contribution in [1.82, 2.24) is 14.8 Å². The first-order chi connectivity index (χ1) is 8.62. The summed E-state index contributed by atoms with van der Waals surface area (Å²) in [7, 11) is 1.11. The lowest BCUT2D eigenvalue weighted by atomic mass is 10.3. The number of hydrogen-bond donors (Lipinski definition) is 1. The molecule has 1 unspecified atom stereocenters. The van der Waals surface area contributed by atoms with E-state index < -0.39 is 10.8 Å². The summed E-state index contributed by atoms with van der Waals surface area (Å²) in [5.74, 6) is 0. The Balaban J connectivity index is 1.85. The first-order valence-electron chi connectivity index (χ1n) is 5.96. The molecule has 96 valence electrons. The molecule has 1 fully saturated rings. The number of nitrogens with zero attached hydrogens (tertiary/aromatic N) is 3. The quantitative estimate of drug-likeness (QED) is 0.904. The summed E-state index contributed by atoms with van der Waals surface area (Å²) in [6, 6.07) is 1.94. The molecule has 3 rings (SSSR count). The second kappa shape index (κ2) is 4.05. The summed E-state index contributed by atoms with van der Waals surface area (Å²) in [5.41, 5.74) is 1.88. The van der Waals surface area contributed by atoms with Gasteiger partial charge in [0.1, 0.15) is 0 Å². The normalized spacial score (nSPS) is 18.8. The molecule has 6 heteroatoms. The Hall–Kier alpha value is -1.43. The van der Waals surface area contributed by atoms with Crippen LogP contribution in [0.1, 0.15) is 12.8 Å². The molecule has 2 heterocycles. The molecule has 0 saturated heterocycles. The van der Waals surface area contributed by atoms with Gasteiger partial charge in [0.25, 0.3) is 0 Å². The lowest BCUT2D eigenvalue weighted by molar-refractivity contribution is 0.674. The Labute approximate surface area is 108 Å². The largest absolute Gasteiger partial charge is 0.383 e. The summed E-state index contributed by atoms with van der Waals surface area (Å²) in [6.45, 7) is 0.754. The summed E-state index contributed by atoms with van der Waals surface area (Å²) >= 11 is 0. The van der Waals surface area contributed by atoms with Gasteiger partial charge >= 0.3 is 0 Å². The summed E-state index contributed by atoms with van der Waals surface area (Å²) in [5, 5.41) is 8.62. The maximum atomic E-state index is 11.7. The van der Waals surface area contributed by atoms with Crippen LogP contribution in [0.15, 0.2) is 18.5 Å². The Morgan fingerprint density at radius 3 is 3.00 bits per heavy atom. The van der Waals surface area contributed by atoms with E-state index in [0.717, 1.165) is 36.1 Å². The standard InChI is InChI=1S/C12H16N4OS/c1-16-11-9(7-15-16)10(3-6-13-11)14-8-12(4-5-12)18(2)17/h3,6-7H,4-5,8H2,1-2H3,(H,13,14). The van der Waals surface area contributed by atoms with Crippen molar-refractivity contribution >= 4 is 27.5 Å². The van der Waals surface area contributed by atoms with Gasteiger partial charge in [0.15, 0.2) is 5.65 Å². The van der Waals surface area contributed by atoms with E-state index in [1.165, 1.54) is 0 Å². The molecule has 1 atom stereocenters. The van der Waals surface area contributed by atoms with E-state index in [-0.39, 0.29) is 4.75 Å². The van der Waals surface area contributed by atoms with E-state index in [1.807, 2.05) is 19.3 Å². The SMILES string of the molecule is Cn1ncc2c(NCC3(S(C)=O)CC3)ccnc21. The molecule has 0 bridgehead atoms. The topological polar surface area (TPSA) is 59.8 Å². The van der Waals surface area contributed by atoms with Gasteiger partial charge in [-0.1, -0.05) is 0 Å². The lowest BCUT2D eigenvalue weighted by Gasteiger charge is -2.14. The monoisotopic (exact) mass is 264 g/mol. The highest BCUT2D eigenvalue weighted by atomic mass is 32.2. The highest BCUT2D eigenvalue weighted by Gasteiger charge is 2.46. The molecule has 1 aliphatic rings. The van der Waals surface area contributed by atoms with E-state index in [0.29, 0.717) is 0 Å². The second-order valence-electron chi connectivity index (χ2n) is 4.85. The molecule has 18 heavy (non-hydrogen) atoms. The van der Waals surface area contributed by atoms with Crippen LogP contribution in [-0.4, -0.2) is 36.5 Å². The molecule has 5 nitrogen and oxygen atoms in total. The van der Waals surface area contributed by atoms with Crippen molar-refractivity contribution < 1.29 is 4.21 Å². The van der Waals surface area contributed by atoms with Gasteiger partial charge in [0.05, 0.1) is 16.3 Å². The van der Waals surface area contributed by atoms with Crippen molar-refractivity contribution in [3.8, 4) is 0 Å². The number of pyridine rings is 1. The van der Waals surface area contributed by atoms with Gasteiger partial charge in [-0.25, -0.2) is 4.98 Å². The number of rotatable bonds is 4. The van der Waals surface area contributed by atoms with Crippen molar-refractivity contribution in [2.45, 2.75) is 17.6 Å². The molecule has 0 spiro atoms. The predicted octanol–water partition coefficient (Wildman–Crippen LogP) is 1.29. The van der Waals surface area contributed by atoms with Gasteiger partial charge in [-0.05, 0) is 18.9 Å². The molecule has 1 N–H and O–H groups in total. The van der Waals surface area contributed by atoms with Crippen LogP contribution in [0.3, 0.4) is 0 Å². The number of aryl methyl sites for hydroxylation is 1. The minimum absolute atomic E-state index is 0.0161. The summed E-state index contributed by atoms with van der Waals surface area (Å²) < 4.78 is 13.4. The van der Waals surface area contributed by atoms with Crippen LogP contribution >= 0.6 is 0 Å². The average molecular weight is 264 g/mol. The van der Waals surface area contributed by atoms with Crippen molar-refractivity contribution in [3.63, 3.8) is 0 Å². The molecule has 1 saturated carbocycles. The zero-order valence-electron chi connectivity index (χ0n) is 10.5. The van der Waals surface area contributed by atoms with Crippen LogP contribution in [0.5, 0.6) is 0 Å². The van der Waals surface area contributed by atoms with Crippen LogP contribution in [0.2, 0.25) is 0 Å². The fourth-order valence-electron chi connectivity index (χ4n) is 2.16. The van der Waals surface area contributed by atoms with Gasteiger partial charge < -0.3 is 5.32 Å². The van der Waals surface area contributed by atoms with E-state index in [9.17, 15) is 4.21 Å². The third-order valence-corrected chi connectivity index (χ3v) is 5.43. The van der Waals surface area contributed by atoms with Gasteiger partial charge in [0, 0.05) is 42.5 Å². The highest BCUT2D eigenvalue weighted by molar-refractivity contribution is 7.86. The number of aromatic nitrogens is 3. The zero-order valence-corrected chi connectivity index (χ0v) is 11.3. The van der Waals surface area contributed by atoms with Crippen LogP contribution in [0, 0.1) is 0 Å². The lowest BCUT2D eigenvalue weighted by Crippen LogP contribution is -2.26. The molecule has 1 aliphatic carbocycles. The maximum absolute atomic E-state index is 11.7. The Morgan fingerprint density at radius 1 is 1.56 bits per heavy atom. The Morgan fingerprint density at radius 2 is 2.33 bits per heavy atom. The van der Waals surface area contributed by atoms with E-state index in [2.05, 4.69) is 15.4 Å². The fourth-order valence-corrected chi connectivity index (χ4v) is 3.11. The molecule has 0 aliphatic heterocycles. The number of hydrogen-bond acceptors (Lipinski definition) is 4. The van der Waals surface area contributed by atoms with Crippen LogP contribution in [-0.2, 0) is 17.8 Å². The van der Waals surface area contributed by atoms with Crippen molar-refractivity contribution in [2.24, 2.45) is 7.05 Å². The Kier molecular flexibility index (Phi) is 2.62. The first-order valence-corrected chi connectivity index (χ1v) is 7.52. The summed E-state index contributed by atoms with van der Waals surface area (Å²) in [6.07, 6.45) is 7.47. The van der Waals surface area contributed by atoms with Crippen molar-refractivity contribution in [3.05, 3.63) is 18.5 Å². The Bertz CT molecular complexity index is 618. The average Bonchev–Trinajstić information content (AvgIpc) is 3.07. The fraction of sp³-hybridized carbons (Fsp3) is 0.500. The third-order valence-electron chi connectivity index (χ3n) is 3.65. The van der Waals surface area contributed by atoms with Gasteiger partial charge in [-0.3, -0.25) is 8.89 Å². The van der Waals surface area contributed by atoms with Crippen LogP contribution in [0.25, 0.3) is 11.0 Å². The van der Waals surface area contributed by atoms with Crippen molar-refractivity contribution in [1.29, 1.82) is 0 Å². The second-order valence-corrected chi connectivity index (χ2v) is 6.63. The van der Waals surface area contributed by atoms with Gasteiger partial charge in [0.2, 0.25) is 0 Å². The van der Waals surface area contributed by atoms with Crippen LogP contribution in [0.4, 0.5) is 5.69 Å². The van der Waals surface area contributed by atoms with E-state index in [4.69, 9.17) is 0 Å². The smallest absolute Gasteiger partial charge is 0.159 e. The maximum Gasteiger partial charge on any atom is 0.159 e. The molecule has 0 radical (unpaired) electrons. The predicted molar refractivity (Wildman–Crippen MR) is 73.0 cm³/mol. The van der Waals surface area contributed by atoms with Gasteiger partial charge in [-0.15, -0.1) is 0 Å². The summed E-state index contributed by atoms with van der Waals surface area (Å²) in [4.78, 5) is 4.30. The minimum Gasteiger partial charge on any atom is -0.383 e. The van der Waals surface area contributed by atoms with Crippen molar-refractivity contribution in [2.75, 3.05) is 18.1 Å². The minimum atomic E-state index is -0.766. The third kappa shape index (κ3) is 1.80. The molecule has 2 aromatic rings. The molecule has 0 amide bonds. The molecule has 0 aromatic carbocycles. The highest BCUT2D eigenvalue weighted by Crippen LogP contribution is 2.41.